The van der Waals surface area contributed by atoms with Gasteiger partial charge < -0.3 is 14.8 Å². The van der Waals surface area contributed by atoms with Gasteiger partial charge in [0.2, 0.25) is 11.0 Å². The van der Waals surface area contributed by atoms with Gasteiger partial charge in [-0.2, -0.15) is 9.98 Å². The predicted molar refractivity (Wildman–Crippen MR) is 150 cm³/mol. The summed E-state index contributed by atoms with van der Waals surface area (Å²) in [4.78, 5) is 25.0. The number of rotatable bonds is 9. The molecule has 0 bridgehead atoms. The third-order valence-electron chi connectivity index (χ3n) is 6.56. The van der Waals surface area contributed by atoms with Crippen molar-refractivity contribution in [3.05, 3.63) is 64.7 Å². The number of amidine groups is 1. The largest absolute Gasteiger partial charge is 0.496 e. The van der Waals surface area contributed by atoms with Crippen molar-refractivity contribution in [2.75, 3.05) is 19.5 Å². The van der Waals surface area contributed by atoms with Gasteiger partial charge in [-0.1, -0.05) is 47.7 Å². The van der Waals surface area contributed by atoms with E-state index in [0.29, 0.717) is 27.7 Å². The summed E-state index contributed by atoms with van der Waals surface area (Å²) in [5, 5.41) is 17.4. The molecule has 0 saturated heterocycles. The molecule has 1 aromatic heterocycles. The number of thioether (sulfide) groups is 1. The lowest BCUT2D eigenvalue weighted by Gasteiger charge is -2.10. The van der Waals surface area contributed by atoms with E-state index >= 15 is 0 Å². The Hall–Kier alpha value is -3.66. The number of hydrogen-bond acceptors (Lipinski definition) is 8. The molecule has 2 unspecified atom stereocenters. The number of ether oxygens (including phenoxy) is 2. The minimum atomic E-state index is -0.155. The standard InChI is InChI=1S/C27H27N5O4S2/c1-35-20-9-5-3-7-16(20)14-22(33)28-26-30-24(37-26)18-11-12-19(13-18)25-31-32-27(38-25)29-23(34)15-17-8-4-6-10-21(17)36-2/h3-10,18-19H,11-15H2,1-2H3,(H,29,32,34)/p+1. The summed E-state index contributed by atoms with van der Waals surface area (Å²) in [6.45, 7) is 0. The first kappa shape index (κ1) is 26.0. The summed E-state index contributed by atoms with van der Waals surface area (Å²) < 4.78 is 15.2. The quantitative estimate of drug-likeness (QED) is 0.392. The van der Waals surface area contributed by atoms with Crippen LogP contribution < -0.4 is 24.8 Å². The summed E-state index contributed by atoms with van der Waals surface area (Å²) >= 11 is 2.96. The van der Waals surface area contributed by atoms with E-state index in [-0.39, 0.29) is 30.6 Å². The normalized spacial score (nSPS) is 18.2. The van der Waals surface area contributed by atoms with Gasteiger partial charge in [0, 0.05) is 23.0 Å². The van der Waals surface area contributed by atoms with E-state index < -0.39 is 0 Å². The van der Waals surface area contributed by atoms with Crippen LogP contribution in [0.4, 0.5) is 5.13 Å². The topological polar surface area (TPSA) is 117 Å². The second-order valence-corrected chi connectivity index (χ2v) is 11.1. The Kier molecular flexibility index (Phi) is 8.07. The number of carbonyl (C=O) groups excluding carboxylic acids is 2. The van der Waals surface area contributed by atoms with Gasteiger partial charge in [-0.15, -0.1) is 10.2 Å². The van der Waals surface area contributed by atoms with Crippen LogP contribution in [0, 0.1) is 5.92 Å². The van der Waals surface area contributed by atoms with Crippen molar-refractivity contribution in [3.63, 3.8) is 0 Å². The van der Waals surface area contributed by atoms with E-state index in [1.807, 2.05) is 48.5 Å². The van der Waals surface area contributed by atoms with Crippen LogP contribution in [0.3, 0.4) is 0 Å². The number of nitrogens with zero attached hydrogens (tertiary/aromatic N) is 3. The monoisotopic (exact) mass is 550 g/mol. The molecule has 0 radical (unpaired) electrons. The highest BCUT2D eigenvalue weighted by molar-refractivity contribution is 8.28. The third-order valence-corrected chi connectivity index (χ3v) is 8.59. The van der Waals surface area contributed by atoms with Crippen molar-refractivity contribution in [2.24, 2.45) is 5.92 Å². The van der Waals surface area contributed by atoms with E-state index in [1.165, 1.54) is 23.1 Å². The average Bonchev–Trinajstić information content (AvgIpc) is 3.56. The molecule has 2 aromatic carbocycles. The van der Waals surface area contributed by atoms with Crippen molar-refractivity contribution in [2.45, 2.75) is 38.0 Å². The maximum atomic E-state index is 12.5. The van der Waals surface area contributed by atoms with Gasteiger partial charge in [-0.05, 0) is 31.4 Å². The number of para-hydroxylation sites is 2. The number of nitrogens with one attached hydrogen (secondary N) is 2. The first-order chi connectivity index (χ1) is 18.5. The van der Waals surface area contributed by atoms with Crippen LogP contribution in [0.15, 0.2) is 48.5 Å². The first-order valence-corrected chi connectivity index (χ1v) is 14.0. The Morgan fingerprint density at radius 1 is 0.895 bits per heavy atom. The maximum Gasteiger partial charge on any atom is 0.421 e. The van der Waals surface area contributed by atoms with Crippen molar-refractivity contribution in [1.29, 1.82) is 0 Å². The molecule has 1 aliphatic carbocycles. The van der Waals surface area contributed by atoms with Crippen LogP contribution >= 0.6 is 23.1 Å². The zero-order chi connectivity index (χ0) is 26.5. The fourth-order valence-electron chi connectivity index (χ4n) is 4.68. The number of amides is 2. The lowest BCUT2D eigenvalue weighted by atomic mass is 10.1. The summed E-state index contributed by atoms with van der Waals surface area (Å²) in [7, 11) is 3.19. The van der Waals surface area contributed by atoms with Gasteiger partial charge in [0.05, 0.1) is 38.8 Å². The van der Waals surface area contributed by atoms with E-state index in [9.17, 15) is 9.59 Å². The lowest BCUT2D eigenvalue weighted by Crippen LogP contribution is -2.38. The van der Waals surface area contributed by atoms with E-state index in [0.717, 1.165) is 40.4 Å². The number of aromatic nitrogens is 2. The molecule has 2 atom stereocenters. The molecule has 196 valence electrons. The maximum absolute atomic E-state index is 12.5. The minimum Gasteiger partial charge on any atom is -0.496 e. The molecule has 38 heavy (non-hydrogen) atoms. The average molecular weight is 551 g/mol. The highest BCUT2D eigenvalue weighted by Crippen LogP contribution is 2.42. The van der Waals surface area contributed by atoms with Crippen LogP contribution in [-0.4, -0.2) is 46.4 Å². The number of anilines is 1. The molecule has 0 spiro atoms. The van der Waals surface area contributed by atoms with E-state index in [4.69, 9.17) is 9.47 Å². The molecule has 2 amide bonds. The third kappa shape index (κ3) is 6.07. The van der Waals surface area contributed by atoms with Crippen molar-refractivity contribution >= 4 is 50.3 Å². The van der Waals surface area contributed by atoms with Crippen LogP contribution in [0.2, 0.25) is 0 Å². The van der Waals surface area contributed by atoms with Gasteiger partial charge in [0.15, 0.2) is 0 Å². The Morgan fingerprint density at radius 3 is 2.11 bits per heavy atom. The Morgan fingerprint density at radius 2 is 1.47 bits per heavy atom. The molecular weight excluding hydrogens is 522 g/mol. The summed E-state index contributed by atoms with van der Waals surface area (Å²) in [6.07, 6.45) is 3.37. The van der Waals surface area contributed by atoms with Crippen LogP contribution in [-0.2, 0) is 22.4 Å². The minimum absolute atomic E-state index is 0.113. The first-order valence-electron chi connectivity index (χ1n) is 12.3. The Bertz CT molecular complexity index is 1420. The van der Waals surface area contributed by atoms with Crippen LogP contribution in [0.1, 0.15) is 41.3 Å². The zero-order valence-electron chi connectivity index (χ0n) is 21.1. The molecular formula is C27H28N5O4S2+. The molecule has 5 rings (SSSR count). The predicted octanol–water partition coefficient (Wildman–Crippen LogP) is 3.55. The number of benzene rings is 2. The molecule has 1 saturated carbocycles. The van der Waals surface area contributed by atoms with Crippen molar-refractivity contribution in [1.82, 2.24) is 20.2 Å². The highest BCUT2D eigenvalue weighted by Gasteiger charge is 2.40. The fourth-order valence-corrected chi connectivity index (χ4v) is 6.48. The highest BCUT2D eigenvalue weighted by atomic mass is 32.2. The number of carbonyl (C=O) groups is 2. The second-order valence-electron chi connectivity index (χ2n) is 9.08. The molecule has 11 heteroatoms. The van der Waals surface area contributed by atoms with E-state index in [2.05, 4.69) is 25.5 Å². The van der Waals surface area contributed by atoms with Gasteiger partial charge in [0.1, 0.15) is 16.5 Å². The van der Waals surface area contributed by atoms with E-state index in [1.54, 1.807) is 14.2 Å². The zero-order valence-corrected chi connectivity index (χ0v) is 22.7. The summed E-state index contributed by atoms with van der Waals surface area (Å²) in [5.41, 5.74) is 1.66. The molecule has 1 fully saturated rings. The molecule has 2 aliphatic rings. The second kappa shape index (κ2) is 11.8. The van der Waals surface area contributed by atoms with Gasteiger partial charge in [0.25, 0.3) is 5.04 Å². The molecule has 9 nitrogen and oxygen atoms in total. The van der Waals surface area contributed by atoms with Crippen molar-refractivity contribution in [3.8, 4) is 11.5 Å². The Balaban J connectivity index is 1.12. The summed E-state index contributed by atoms with van der Waals surface area (Å²) in [5.74, 6) is 1.74. The van der Waals surface area contributed by atoms with Crippen LogP contribution in [0.5, 0.6) is 11.5 Å². The van der Waals surface area contributed by atoms with Gasteiger partial charge in [-0.3, -0.25) is 4.79 Å². The smallest absolute Gasteiger partial charge is 0.421 e. The van der Waals surface area contributed by atoms with Gasteiger partial charge >= 0.3 is 11.1 Å². The number of methoxy groups -OCH3 is 2. The number of hydrogen-bond donors (Lipinski definition) is 2. The SMILES string of the molecule is COc1ccccc1CC(=O)NC1=[N+]=C(C2CCC(c3nnc(NC(=O)Cc4ccccc4OC)s3)C2)S1. The Labute approximate surface area is 228 Å². The summed E-state index contributed by atoms with van der Waals surface area (Å²) in [6, 6.07) is 15.0. The molecule has 3 aromatic rings. The molecule has 2 N–H and O–H groups in total. The fraction of sp³-hybridized carbons (Fsp3) is 0.333. The molecule has 2 heterocycles. The van der Waals surface area contributed by atoms with Gasteiger partial charge in [-0.25, -0.2) is 4.79 Å². The molecule has 1 aliphatic heterocycles. The lowest BCUT2D eigenvalue weighted by molar-refractivity contribution is -0.119. The van der Waals surface area contributed by atoms with Crippen molar-refractivity contribution < 1.29 is 19.1 Å². The van der Waals surface area contributed by atoms with Crippen LogP contribution in [0.25, 0.3) is 0 Å².